The minimum Gasteiger partial charge on any atom is -0.464 e. The van der Waals surface area contributed by atoms with Crippen molar-refractivity contribution in [2.45, 2.75) is 19.9 Å². The van der Waals surface area contributed by atoms with Gasteiger partial charge in [0.1, 0.15) is 5.58 Å². The molecule has 84 valence electrons. The molecule has 0 fully saturated rings. The van der Waals surface area contributed by atoms with Crippen LogP contribution in [0.3, 0.4) is 0 Å². The van der Waals surface area contributed by atoms with Gasteiger partial charge in [0.15, 0.2) is 5.78 Å². The summed E-state index contributed by atoms with van der Waals surface area (Å²) in [6.45, 7) is 4.66. The van der Waals surface area contributed by atoms with Gasteiger partial charge in [0, 0.05) is 10.9 Å². The summed E-state index contributed by atoms with van der Waals surface area (Å²) in [7, 11) is 0. The van der Waals surface area contributed by atoms with Crippen molar-refractivity contribution in [3.63, 3.8) is 0 Å². The maximum atomic E-state index is 12.0. The van der Waals surface area contributed by atoms with E-state index >= 15 is 0 Å². The lowest BCUT2D eigenvalue weighted by Crippen LogP contribution is -2.33. The standard InChI is InChI=1S/C13H15NO2/c1-3-14-9(2)13(15)11-4-5-12-10(8-11)6-7-16-12/h4-9,14H,3H2,1-2H3/t9-/m0/s1. The fourth-order valence-electron chi connectivity index (χ4n) is 1.77. The molecule has 1 heterocycles. The number of benzene rings is 1. The quantitative estimate of drug-likeness (QED) is 0.800. The summed E-state index contributed by atoms with van der Waals surface area (Å²) in [6, 6.07) is 7.23. The molecule has 1 atom stereocenters. The molecule has 0 aliphatic heterocycles. The second-order valence-corrected chi connectivity index (χ2v) is 3.82. The van der Waals surface area contributed by atoms with Crippen molar-refractivity contribution in [1.29, 1.82) is 0 Å². The third-order valence-corrected chi connectivity index (χ3v) is 2.64. The van der Waals surface area contributed by atoms with Gasteiger partial charge in [-0.2, -0.15) is 0 Å². The molecular formula is C13H15NO2. The number of carbonyl (C=O) groups excluding carboxylic acids is 1. The Morgan fingerprint density at radius 3 is 3.00 bits per heavy atom. The van der Waals surface area contributed by atoms with Gasteiger partial charge in [0.2, 0.25) is 0 Å². The largest absolute Gasteiger partial charge is 0.464 e. The topological polar surface area (TPSA) is 42.2 Å². The molecule has 2 aromatic rings. The van der Waals surface area contributed by atoms with E-state index in [2.05, 4.69) is 5.32 Å². The van der Waals surface area contributed by atoms with Gasteiger partial charge in [0.25, 0.3) is 0 Å². The summed E-state index contributed by atoms with van der Waals surface area (Å²) in [5.74, 6) is 0.116. The number of hydrogen-bond donors (Lipinski definition) is 1. The molecule has 3 nitrogen and oxygen atoms in total. The van der Waals surface area contributed by atoms with Crippen molar-refractivity contribution in [2.75, 3.05) is 6.54 Å². The van der Waals surface area contributed by atoms with Gasteiger partial charge in [-0.3, -0.25) is 4.79 Å². The van der Waals surface area contributed by atoms with E-state index in [9.17, 15) is 4.79 Å². The van der Waals surface area contributed by atoms with E-state index in [1.165, 1.54) is 0 Å². The molecule has 0 amide bonds. The molecule has 1 N–H and O–H groups in total. The second-order valence-electron chi connectivity index (χ2n) is 3.82. The minimum absolute atomic E-state index is 0.116. The molecule has 2 rings (SSSR count). The zero-order chi connectivity index (χ0) is 11.5. The first-order chi connectivity index (χ1) is 7.72. The lowest BCUT2D eigenvalue weighted by Gasteiger charge is -2.10. The van der Waals surface area contributed by atoms with Crippen molar-refractivity contribution in [3.8, 4) is 0 Å². The maximum Gasteiger partial charge on any atom is 0.179 e. The summed E-state index contributed by atoms with van der Waals surface area (Å²) in [6.07, 6.45) is 1.63. The highest BCUT2D eigenvalue weighted by Crippen LogP contribution is 2.17. The highest BCUT2D eigenvalue weighted by molar-refractivity contribution is 6.02. The number of nitrogens with one attached hydrogen (secondary N) is 1. The van der Waals surface area contributed by atoms with E-state index in [0.717, 1.165) is 23.1 Å². The Morgan fingerprint density at radius 2 is 2.25 bits per heavy atom. The first kappa shape index (κ1) is 10.9. The van der Waals surface area contributed by atoms with Crippen LogP contribution in [0.1, 0.15) is 24.2 Å². The van der Waals surface area contributed by atoms with E-state index in [0.29, 0.717) is 0 Å². The van der Waals surface area contributed by atoms with Gasteiger partial charge in [-0.15, -0.1) is 0 Å². The fourth-order valence-corrected chi connectivity index (χ4v) is 1.77. The first-order valence-corrected chi connectivity index (χ1v) is 5.47. The van der Waals surface area contributed by atoms with Crippen LogP contribution in [0.15, 0.2) is 34.9 Å². The number of furan rings is 1. The van der Waals surface area contributed by atoms with Crippen LogP contribution in [0.4, 0.5) is 0 Å². The Balaban J connectivity index is 2.28. The van der Waals surface area contributed by atoms with Crippen LogP contribution >= 0.6 is 0 Å². The van der Waals surface area contributed by atoms with E-state index in [1.807, 2.05) is 38.1 Å². The molecule has 0 radical (unpaired) electrons. The zero-order valence-corrected chi connectivity index (χ0v) is 9.49. The average molecular weight is 217 g/mol. The van der Waals surface area contributed by atoms with Gasteiger partial charge in [-0.25, -0.2) is 0 Å². The molecular weight excluding hydrogens is 202 g/mol. The lowest BCUT2D eigenvalue weighted by atomic mass is 10.0. The molecule has 0 spiro atoms. The molecule has 3 heteroatoms. The molecule has 1 aromatic heterocycles. The minimum atomic E-state index is -0.144. The number of likely N-dealkylation sites (N-methyl/N-ethyl adjacent to an activating group) is 1. The van der Waals surface area contributed by atoms with E-state index in [-0.39, 0.29) is 11.8 Å². The van der Waals surface area contributed by atoms with Crippen molar-refractivity contribution < 1.29 is 9.21 Å². The second kappa shape index (κ2) is 4.49. The molecule has 1 aromatic carbocycles. The molecule has 0 aliphatic carbocycles. The average Bonchev–Trinajstić information content (AvgIpc) is 2.75. The maximum absolute atomic E-state index is 12.0. The summed E-state index contributed by atoms with van der Waals surface area (Å²) >= 11 is 0. The van der Waals surface area contributed by atoms with Gasteiger partial charge in [0.05, 0.1) is 12.3 Å². The Morgan fingerprint density at radius 1 is 1.44 bits per heavy atom. The molecule has 16 heavy (non-hydrogen) atoms. The number of hydrogen-bond acceptors (Lipinski definition) is 3. The van der Waals surface area contributed by atoms with Crippen molar-refractivity contribution in [2.24, 2.45) is 0 Å². The molecule has 0 saturated carbocycles. The Hall–Kier alpha value is -1.61. The van der Waals surface area contributed by atoms with Crippen LogP contribution < -0.4 is 5.32 Å². The molecule has 0 bridgehead atoms. The molecule has 0 aliphatic rings. The van der Waals surface area contributed by atoms with E-state index in [4.69, 9.17) is 4.42 Å². The highest BCUT2D eigenvalue weighted by Gasteiger charge is 2.14. The molecule has 0 saturated heterocycles. The lowest BCUT2D eigenvalue weighted by molar-refractivity contribution is 0.0952. The summed E-state index contributed by atoms with van der Waals surface area (Å²) in [4.78, 5) is 12.0. The monoisotopic (exact) mass is 217 g/mol. The van der Waals surface area contributed by atoms with Crippen molar-refractivity contribution in [1.82, 2.24) is 5.32 Å². The number of carbonyl (C=O) groups is 1. The summed E-state index contributed by atoms with van der Waals surface area (Å²) in [5, 5.41) is 4.08. The number of Topliss-reactive ketones (excluding diaryl/α,β-unsaturated/α-hetero) is 1. The van der Waals surface area contributed by atoms with Crippen LogP contribution in [0.2, 0.25) is 0 Å². The smallest absolute Gasteiger partial charge is 0.179 e. The zero-order valence-electron chi connectivity index (χ0n) is 9.49. The van der Waals surface area contributed by atoms with Gasteiger partial charge < -0.3 is 9.73 Å². The van der Waals surface area contributed by atoms with Crippen molar-refractivity contribution in [3.05, 3.63) is 36.1 Å². The Bertz CT molecular complexity index is 501. The van der Waals surface area contributed by atoms with Gasteiger partial charge >= 0.3 is 0 Å². The van der Waals surface area contributed by atoms with Gasteiger partial charge in [-0.1, -0.05) is 6.92 Å². The van der Waals surface area contributed by atoms with Crippen molar-refractivity contribution >= 4 is 16.8 Å². The van der Waals surface area contributed by atoms with Gasteiger partial charge in [-0.05, 0) is 37.7 Å². The number of rotatable bonds is 4. The third kappa shape index (κ3) is 1.99. The van der Waals surface area contributed by atoms with Crippen LogP contribution in [-0.2, 0) is 0 Å². The highest BCUT2D eigenvalue weighted by atomic mass is 16.3. The normalized spacial score (nSPS) is 12.9. The Labute approximate surface area is 94.4 Å². The summed E-state index contributed by atoms with van der Waals surface area (Å²) in [5.41, 5.74) is 1.54. The van der Waals surface area contributed by atoms with E-state index < -0.39 is 0 Å². The van der Waals surface area contributed by atoms with Crippen LogP contribution in [0.5, 0.6) is 0 Å². The van der Waals surface area contributed by atoms with E-state index in [1.54, 1.807) is 6.26 Å². The fraction of sp³-hybridized carbons (Fsp3) is 0.308. The Kier molecular flexibility index (Phi) is 3.06. The predicted octanol–water partition coefficient (Wildman–Crippen LogP) is 2.61. The number of ketones is 1. The SMILES string of the molecule is CCN[C@@H](C)C(=O)c1ccc2occc2c1. The first-order valence-electron chi connectivity index (χ1n) is 5.47. The van der Waals surface area contributed by atoms with Crippen LogP contribution in [-0.4, -0.2) is 18.4 Å². The predicted molar refractivity (Wildman–Crippen MR) is 63.7 cm³/mol. The van der Waals surface area contributed by atoms with Crippen LogP contribution in [0, 0.1) is 0 Å². The van der Waals surface area contributed by atoms with Crippen LogP contribution in [0.25, 0.3) is 11.0 Å². The third-order valence-electron chi connectivity index (χ3n) is 2.64. The molecule has 0 unspecified atom stereocenters. The summed E-state index contributed by atoms with van der Waals surface area (Å²) < 4.78 is 5.23. The number of fused-ring (bicyclic) bond motifs is 1.